The van der Waals surface area contributed by atoms with Gasteiger partial charge in [-0.05, 0) is 6.92 Å². The van der Waals surface area contributed by atoms with Gasteiger partial charge in [-0.2, -0.15) is 0 Å². The zero-order chi connectivity index (χ0) is 9.26. The highest BCUT2D eigenvalue weighted by Crippen LogP contribution is 2.10. The minimum absolute atomic E-state index is 0.0936. The summed E-state index contributed by atoms with van der Waals surface area (Å²) in [5.74, 6) is 0.851. The molecule has 0 aliphatic carbocycles. The second-order valence-electron chi connectivity index (χ2n) is 2.77. The number of hydrogen-bond acceptors (Lipinski definition) is 4. The Morgan fingerprint density at radius 2 is 2.38 bits per heavy atom. The average Bonchev–Trinajstić information content (AvgIpc) is 2.44. The third kappa shape index (κ3) is 1.27. The Balaban J connectivity index is 2.64. The fourth-order valence-electron chi connectivity index (χ4n) is 1.36. The molecule has 0 atom stereocenters. The quantitative estimate of drug-likeness (QED) is 0.709. The highest BCUT2D eigenvalue weighted by atomic mass is 16.3. The van der Waals surface area contributed by atoms with Crippen molar-refractivity contribution in [3.8, 4) is 0 Å². The van der Waals surface area contributed by atoms with Crippen molar-refractivity contribution in [2.75, 3.05) is 6.61 Å². The van der Waals surface area contributed by atoms with Crippen LogP contribution in [0.4, 0.5) is 0 Å². The molecule has 0 amide bonds. The lowest BCUT2D eigenvalue weighted by Gasteiger charge is -2.01. The van der Waals surface area contributed by atoms with Gasteiger partial charge in [0.2, 0.25) is 0 Å². The highest BCUT2D eigenvalue weighted by Gasteiger charge is 2.06. The molecule has 5 nitrogen and oxygen atoms in total. The molecular weight excluding hydrogens is 168 g/mol. The summed E-state index contributed by atoms with van der Waals surface area (Å²) in [5, 5.41) is 8.83. The van der Waals surface area contributed by atoms with Crippen LogP contribution in [0.1, 0.15) is 5.82 Å². The van der Waals surface area contributed by atoms with Crippen LogP contribution < -0.4 is 0 Å². The Morgan fingerprint density at radius 1 is 1.54 bits per heavy atom. The Bertz CT molecular complexity index is 423. The van der Waals surface area contributed by atoms with E-state index < -0.39 is 0 Å². The van der Waals surface area contributed by atoms with E-state index in [0.717, 1.165) is 17.0 Å². The Morgan fingerprint density at radius 3 is 3.15 bits per heavy atom. The second-order valence-corrected chi connectivity index (χ2v) is 2.77. The molecule has 0 bridgehead atoms. The van der Waals surface area contributed by atoms with E-state index in [0.29, 0.717) is 6.54 Å². The molecule has 0 aromatic carbocycles. The maximum absolute atomic E-state index is 8.83. The molecule has 0 aliphatic rings. The molecule has 0 radical (unpaired) electrons. The summed E-state index contributed by atoms with van der Waals surface area (Å²) >= 11 is 0. The molecule has 0 unspecified atom stereocenters. The molecule has 2 aromatic heterocycles. The molecular formula is C8H10N4O. The number of aromatic nitrogens is 4. The van der Waals surface area contributed by atoms with E-state index in [4.69, 9.17) is 5.11 Å². The minimum Gasteiger partial charge on any atom is -0.395 e. The number of hydrogen-bond donors (Lipinski definition) is 1. The first-order valence-electron chi connectivity index (χ1n) is 4.06. The maximum Gasteiger partial charge on any atom is 0.163 e. The van der Waals surface area contributed by atoms with E-state index in [1.54, 1.807) is 6.20 Å². The first kappa shape index (κ1) is 8.12. The largest absolute Gasteiger partial charge is 0.395 e. The van der Waals surface area contributed by atoms with Gasteiger partial charge in [-0.1, -0.05) is 0 Å². The highest BCUT2D eigenvalue weighted by molar-refractivity contribution is 5.69. The van der Waals surface area contributed by atoms with Crippen molar-refractivity contribution in [1.29, 1.82) is 0 Å². The number of aliphatic hydroxyl groups excluding tert-OH is 1. The molecule has 1 N–H and O–H groups in total. The Kier molecular flexibility index (Phi) is 1.94. The molecule has 0 saturated carbocycles. The molecule has 0 spiro atoms. The number of imidazole rings is 1. The molecule has 68 valence electrons. The number of aliphatic hydroxyl groups is 1. The maximum atomic E-state index is 8.83. The molecule has 5 heteroatoms. The SMILES string of the molecule is Cc1nc2cncnc2n1CCO. The predicted molar refractivity (Wildman–Crippen MR) is 47.1 cm³/mol. The van der Waals surface area contributed by atoms with E-state index in [1.807, 2.05) is 11.5 Å². The van der Waals surface area contributed by atoms with Crippen LogP contribution in [0.2, 0.25) is 0 Å². The van der Waals surface area contributed by atoms with Gasteiger partial charge in [-0.3, -0.25) is 0 Å². The van der Waals surface area contributed by atoms with Crippen LogP contribution in [0.15, 0.2) is 12.5 Å². The molecule has 13 heavy (non-hydrogen) atoms. The van der Waals surface area contributed by atoms with E-state index in [-0.39, 0.29) is 6.61 Å². The molecule has 2 rings (SSSR count). The van der Waals surface area contributed by atoms with E-state index >= 15 is 0 Å². The van der Waals surface area contributed by atoms with Crippen LogP contribution in [0.3, 0.4) is 0 Å². The van der Waals surface area contributed by atoms with Crippen molar-refractivity contribution < 1.29 is 5.11 Å². The molecule has 0 fully saturated rings. The van der Waals surface area contributed by atoms with Crippen LogP contribution >= 0.6 is 0 Å². The second kappa shape index (κ2) is 3.10. The van der Waals surface area contributed by atoms with Gasteiger partial charge >= 0.3 is 0 Å². The molecule has 0 saturated heterocycles. The lowest BCUT2D eigenvalue weighted by atomic mass is 10.5. The van der Waals surface area contributed by atoms with Crippen molar-refractivity contribution in [3.05, 3.63) is 18.3 Å². The third-order valence-electron chi connectivity index (χ3n) is 1.92. The van der Waals surface area contributed by atoms with Crippen LogP contribution in [0.5, 0.6) is 0 Å². The fourth-order valence-corrected chi connectivity index (χ4v) is 1.36. The molecule has 2 heterocycles. The average molecular weight is 178 g/mol. The zero-order valence-electron chi connectivity index (χ0n) is 7.30. The first-order valence-corrected chi connectivity index (χ1v) is 4.06. The van der Waals surface area contributed by atoms with Crippen molar-refractivity contribution in [2.24, 2.45) is 0 Å². The first-order chi connectivity index (χ1) is 6.33. The zero-order valence-corrected chi connectivity index (χ0v) is 7.30. The predicted octanol–water partition coefficient (Wildman–Crippen LogP) is 0.127. The van der Waals surface area contributed by atoms with Crippen LogP contribution in [-0.2, 0) is 6.54 Å². The normalized spacial score (nSPS) is 10.9. The van der Waals surface area contributed by atoms with Gasteiger partial charge in [0, 0.05) is 6.54 Å². The Labute approximate surface area is 75.1 Å². The van der Waals surface area contributed by atoms with E-state index in [1.165, 1.54) is 6.33 Å². The lowest BCUT2D eigenvalue weighted by molar-refractivity contribution is 0.276. The summed E-state index contributed by atoms with van der Waals surface area (Å²) in [5.41, 5.74) is 1.55. The molecule has 2 aromatic rings. The molecule has 0 aliphatic heterocycles. The summed E-state index contributed by atoms with van der Waals surface area (Å²) < 4.78 is 1.87. The van der Waals surface area contributed by atoms with Crippen LogP contribution in [0, 0.1) is 6.92 Å². The van der Waals surface area contributed by atoms with Crippen molar-refractivity contribution in [1.82, 2.24) is 19.5 Å². The number of fused-ring (bicyclic) bond motifs is 1. The van der Waals surface area contributed by atoms with Crippen molar-refractivity contribution >= 4 is 11.2 Å². The summed E-state index contributed by atoms with van der Waals surface area (Å²) in [6.07, 6.45) is 3.15. The van der Waals surface area contributed by atoms with Gasteiger partial charge in [-0.15, -0.1) is 0 Å². The van der Waals surface area contributed by atoms with Gasteiger partial charge in [-0.25, -0.2) is 15.0 Å². The fraction of sp³-hybridized carbons (Fsp3) is 0.375. The Hall–Kier alpha value is -1.49. The third-order valence-corrected chi connectivity index (χ3v) is 1.92. The van der Waals surface area contributed by atoms with Crippen LogP contribution in [-0.4, -0.2) is 31.2 Å². The van der Waals surface area contributed by atoms with Gasteiger partial charge in [0.05, 0.1) is 12.8 Å². The summed E-state index contributed by atoms with van der Waals surface area (Å²) in [7, 11) is 0. The summed E-state index contributed by atoms with van der Waals surface area (Å²) in [6.45, 7) is 2.51. The summed E-state index contributed by atoms with van der Waals surface area (Å²) in [4.78, 5) is 12.2. The van der Waals surface area contributed by atoms with Crippen molar-refractivity contribution in [3.63, 3.8) is 0 Å². The summed E-state index contributed by atoms with van der Waals surface area (Å²) in [6, 6.07) is 0. The monoisotopic (exact) mass is 178 g/mol. The van der Waals surface area contributed by atoms with E-state index in [9.17, 15) is 0 Å². The van der Waals surface area contributed by atoms with Crippen molar-refractivity contribution in [2.45, 2.75) is 13.5 Å². The minimum atomic E-state index is 0.0936. The van der Waals surface area contributed by atoms with Gasteiger partial charge < -0.3 is 9.67 Å². The number of aryl methyl sites for hydroxylation is 1. The number of nitrogens with zero attached hydrogens (tertiary/aromatic N) is 4. The van der Waals surface area contributed by atoms with Gasteiger partial charge in [0.15, 0.2) is 5.65 Å². The topological polar surface area (TPSA) is 63.8 Å². The standard InChI is InChI=1S/C8H10N4O/c1-6-11-7-4-9-5-10-8(7)12(6)2-3-13/h4-5,13H,2-3H2,1H3. The lowest BCUT2D eigenvalue weighted by Crippen LogP contribution is -2.04. The number of rotatable bonds is 2. The smallest absolute Gasteiger partial charge is 0.163 e. The van der Waals surface area contributed by atoms with Gasteiger partial charge in [0.1, 0.15) is 17.7 Å². The van der Waals surface area contributed by atoms with E-state index in [2.05, 4.69) is 15.0 Å². The van der Waals surface area contributed by atoms with Crippen LogP contribution in [0.25, 0.3) is 11.2 Å². The van der Waals surface area contributed by atoms with Gasteiger partial charge in [0.25, 0.3) is 0 Å².